The number of allylic oxidation sites excluding steroid dienone is 5. The number of benzene rings is 1. The van der Waals surface area contributed by atoms with Crippen LogP contribution in [-0.2, 0) is 6.54 Å². The molecule has 34 heavy (non-hydrogen) atoms. The minimum atomic E-state index is -0.658. The van der Waals surface area contributed by atoms with E-state index in [-0.39, 0.29) is 12.6 Å². The van der Waals surface area contributed by atoms with Gasteiger partial charge in [0.1, 0.15) is 5.82 Å². The highest BCUT2D eigenvalue weighted by Gasteiger charge is 2.13. The van der Waals surface area contributed by atoms with Crippen LogP contribution < -0.4 is 21.4 Å². The number of rotatable bonds is 12. The van der Waals surface area contributed by atoms with Crippen LogP contribution in [0.3, 0.4) is 0 Å². The van der Waals surface area contributed by atoms with Gasteiger partial charge >= 0.3 is 0 Å². The molecule has 0 radical (unpaired) electrons. The lowest BCUT2D eigenvalue weighted by Gasteiger charge is -2.21. The van der Waals surface area contributed by atoms with Gasteiger partial charge in [0, 0.05) is 43.2 Å². The summed E-state index contributed by atoms with van der Waals surface area (Å²) in [7, 11) is 1.82. The summed E-state index contributed by atoms with van der Waals surface area (Å²) >= 11 is 0. The van der Waals surface area contributed by atoms with Crippen molar-refractivity contribution in [2.45, 2.75) is 25.6 Å². The topological polar surface area (TPSA) is 101 Å². The Balaban J connectivity index is 2.01. The van der Waals surface area contributed by atoms with E-state index in [1.807, 2.05) is 55.6 Å². The standard InChI is InChI=1S/C27H33N5O2/c1-21(32-26(20-31-34)22(2)33)8-7-11-23(16-17-28-3)12-13-25-14-15-27(30-19-25)29-18-24-9-5-4-6-10-24/h4-11,14-17,19,22,26,28,31-34H,1,18,20H2,2-3H3,(H,29,30)/b8-7+,17-16-,23-11-. The van der Waals surface area contributed by atoms with Crippen molar-refractivity contribution in [1.82, 2.24) is 21.1 Å². The number of hydroxylamine groups is 1. The quantitative estimate of drug-likeness (QED) is 0.165. The molecule has 178 valence electrons. The molecule has 2 aromatic rings. The fourth-order valence-electron chi connectivity index (χ4n) is 2.81. The number of aromatic nitrogens is 1. The zero-order valence-corrected chi connectivity index (χ0v) is 19.6. The maximum absolute atomic E-state index is 9.75. The van der Waals surface area contributed by atoms with Crippen LogP contribution in [0.4, 0.5) is 5.82 Å². The highest BCUT2D eigenvalue weighted by atomic mass is 16.5. The van der Waals surface area contributed by atoms with Crippen LogP contribution in [0.5, 0.6) is 0 Å². The molecule has 1 aromatic carbocycles. The first-order chi connectivity index (χ1) is 16.5. The molecule has 0 amide bonds. The van der Waals surface area contributed by atoms with Crippen LogP contribution in [0, 0.1) is 11.8 Å². The van der Waals surface area contributed by atoms with Crippen molar-refractivity contribution in [2.75, 3.05) is 18.9 Å². The molecular weight excluding hydrogens is 426 g/mol. The van der Waals surface area contributed by atoms with Crippen LogP contribution >= 0.6 is 0 Å². The smallest absolute Gasteiger partial charge is 0.126 e. The number of pyridine rings is 1. The highest BCUT2D eigenvalue weighted by molar-refractivity contribution is 5.48. The molecule has 2 atom stereocenters. The second-order valence-corrected chi connectivity index (χ2v) is 7.50. The summed E-state index contributed by atoms with van der Waals surface area (Å²) in [5.41, 5.74) is 5.44. The molecule has 0 aliphatic heterocycles. The Morgan fingerprint density at radius 3 is 2.62 bits per heavy atom. The van der Waals surface area contributed by atoms with E-state index in [0.717, 1.165) is 17.0 Å². The molecule has 0 saturated carbocycles. The van der Waals surface area contributed by atoms with E-state index in [1.54, 1.807) is 25.4 Å². The molecule has 7 nitrogen and oxygen atoms in total. The monoisotopic (exact) mass is 459 g/mol. The van der Waals surface area contributed by atoms with E-state index >= 15 is 0 Å². The number of nitrogens with one attached hydrogen (secondary N) is 4. The van der Waals surface area contributed by atoms with E-state index < -0.39 is 6.10 Å². The van der Waals surface area contributed by atoms with Crippen molar-refractivity contribution < 1.29 is 10.3 Å². The Labute approximate surface area is 202 Å². The van der Waals surface area contributed by atoms with Crippen LogP contribution in [0.2, 0.25) is 0 Å². The zero-order chi connectivity index (χ0) is 24.6. The van der Waals surface area contributed by atoms with E-state index in [1.165, 1.54) is 5.56 Å². The van der Waals surface area contributed by atoms with Gasteiger partial charge in [-0.05, 0) is 49.0 Å². The van der Waals surface area contributed by atoms with Gasteiger partial charge in [-0.1, -0.05) is 54.8 Å². The normalized spacial score (nSPS) is 13.2. The van der Waals surface area contributed by atoms with Crippen molar-refractivity contribution in [1.29, 1.82) is 0 Å². The van der Waals surface area contributed by atoms with Crippen molar-refractivity contribution in [3.63, 3.8) is 0 Å². The summed E-state index contributed by atoms with van der Waals surface area (Å²) in [6, 6.07) is 13.6. The molecule has 2 unspecified atom stereocenters. The van der Waals surface area contributed by atoms with Crippen molar-refractivity contribution >= 4 is 5.82 Å². The molecule has 0 bridgehead atoms. The van der Waals surface area contributed by atoms with Gasteiger partial charge in [-0.2, -0.15) is 0 Å². The van der Waals surface area contributed by atoms with Gasteiger partial charge in [-0.3, -0.25) is 0 Å². The zero-order valence-electron chi connectivity index (χ0n) is 19.6. The van der Waals surface area contributed by atoms with Crippen molar-refractivity contribution in [3.05, 3.63) is 108 Å². The minimum Gasteiger partial charge on any atom is -0.394 e. The second-order valence-electron chi connectivity index (χ2n) is 7.50. The summed E-state index contributed by atoms with van der Waals surface area (Å²) in [5, 5.41) is 27.9. The van der Waals surface area contributed by atoms with E-state index in [9.17, 15) is 5.11 Å². The number of hydrogen-bond donors (Lipinski definition) is 6. The van der Waals surface area contributed by atoms with Gasteiger partial charge in [0.2, 0.25) is 0 Å². The number of aliphatic hydroxyl groups excluding tert-OH is 1. The molecular formula is C27H33N5O2. The molecule has 0 fully saturated rings. The number of aliphatic hydroxyl groups is 1. The van der Waals surface area contributed by atoms with Gasteiger partial charge < -0.3 is 26.3 Å². The summed E-state index contributed by atoms with van der Waals surface area (Å²) in [5.74, 6) is 7.06. The van der Waals surface area contributed by atoms with Gasteiger partial charge in [0.05, 0.1) is 12.1 Å². The molecule has 7 heteroatoms. The first kappa shape index (κ1) is 26.4. The SMILES string of the molecule is C=C(/C=C/C=C(C#Cc1ccc(NCc2ccccc2)nc1)\C=C/NC)NC(CNO)C(C)O. The summed E-state index contributed by atoms with van der Waals surface area (Å²) in [6.45, 7) is 6.47. The van der Waals surface area contributed by atoms with E-state index in [4.69, 9.17) is 5.21 Å². The Kier molecular flexibility index (Phi) is 11.7. The largest absolute Gasteiger partial charge is 0.394 e. The molecule has 0 aliphatic carbocycles. The molecule has 0 spiro atoms. The second kappa shape index (κ2) is 15.1. The van der Waals surface area contributed by atoms with Crippen LogP contribution in [0.15, 0.2) is 97.0 Å². The first-order valence-corrected chi connectivity index (χ1v) is 11.0. The fourth-order valence-corrected chi connectivity index (χ4v) is 2.81. The molecule has 1 heterocycles. The predicted molar refractivity (Wildman–Crippen MR) is 138 cm³/mol. The Morgan fingerprint density at radius 2 is 1.97 bits per heavy atom. The molecule has 0 aliphatic rings. The Morgan fingerprint density at radius 1 is 1.18 bits per heavy atom. The average Bonchev–Trinajstić information content (AvgIpc) is 2.85. The third-order valence-electron chi connectivity index (χ3n) is 4.70. The van der Waals surface area contributed by atoms with Gasteiger partial charge in [0.15, 0.2) is 0 Å². The molecule has 0 saturated heterocycles. The van der Waals surface area contributed by atoms with Gasteiger partial charge in [0.25, 0.3) is 0 Å². The van der Waals surface area contributed by atoms with Crippen molar-refractivity contribution in [2.24, 2.45) is 0 Å². The Bertz CT molecular complexity index is 1030. The van der Waals surface area contributed by atoms with Crippen LogP contribution in [-0.4, -0.2) is 41.0 Å². The van der Waals surface area contributed by atoms with E-state index in [2.05, 4.69) is 57.0 Å². The fraction of sp³-hybridized carbons (Fsp3) is 0.222. The molecule has 6 N–H and O–H groups in total. The summed E-state index contributed by atoms with van der Waals surface area (Å²) in [6.07, 6.45) is 10.2. The van der Waals surface area contributed by atoms with Crippen molar-refractivity contribution in [3.8, 4) is 11.8 Å². The average molecular weight is 460 g/mol. The maximum Gasteiger partial charge on any atom is 0.126 e. The third-order valence-corrected chi connectivity index (χ3v) is 4.70. The summed E-state index contributed by atoms with van der Waals surface area (Å²) < 4.78 is 0. The predicted octanol–water partition coefficient (Wildman–Crippen LogP) is 3.09. The van der Waals surface area contributed by atoms with Gasteiger partial charge in [-0.15, -0.1) is 0 Å². The molecule has 1 aromatic heterocycles. The first-order valence-electron chi connectivity index (χ1n) is 11.0. The maximum atomic E-state index is 9.75. The molecule has 2 rings (SSSR count). The third kappa shape index (κ3) is 10.2. The Hall–Kier alpha value is -3.83. The van der Waals surface area contributed by atoms with Crippen LogP contribution in [0.1, 0.15) is 18.1 Å². The highest BCUT2D eigenvalue weighted by Crippen LogP contribution is 2.08. The summed E-state index contributed by atoms with van der Waals surface area (Å²) in [4.78, 5) is 4.44. The number of anilines is 1. The lowest BCUT2D eigenvalue weighted by Crippen LogP contribution is -2.44. The minimum absolute atomic E-state index is 0.191. The number of hydrogen-bond acceptors (Lipinski definition) is 7. The van der Waals surface area contributed by atoms with E-state index in [0.29, 0.717) is 12.2 Å². The van der Waals surface area contributed by atoms with Crippen LogP contribution in [0.25, 0.3) is 0 Å². The lowest BCUT2D eigenvalue weighted by molar-refractivity contribution is 0.103. The number of nitrogens with zero attached hydrogens (tertiary/aromatic N) is 1. The lowest BCUT2D eigenvalue weighted by atomic mass is 10.1. The van der Waals surface area contributed by atoms with Gasteiger partial charge in [-0.25, -0.2) is 10.5 Å².